The van der Waals surface area contributed by atoms with E-state index in [9.17, 15) is 14.3 Å². The van der Waals surface area contributed by atoms with E-state index in [-0.39, 0.29) is 17.6 Å². The van der Waals surface area contributed by atoms with Crippen LogP contribution in [0.5, 0.6) is 5.75 Å². The molecule has 0 atom stereocenters. The van der Waals surface area contributed by atoms with Gasteiger partial charge in [0.1, 0.15) is 17.3 Å². The van der Waals surface area contributed by atoms with Gasteiger partial charge in [-0.1, -0.05) is 0 Å². The molecule has 6 aromatic rings. The minimum absolute atomic E-state index is 0.0108. The summed E-state index contributed by atoms with van der Waals surface area (Å²) in [5, 5.41) is 21.0. The molecule has 10 nitrogen and oxygen atoms in total. The fourth-order valence-corrected chi connectivity index (χ4v) is 4.48. The number of H-pyrrole nitrogens is 2. The molecule has 5 heterocycles. The highest BCUT2D eigenvalue weighted by atomic mass is 19.1. The molecule has 1 fully saturated rings. The lowest BCUT2D eigenvalue weighted by molar-refractivity contribution is -0.117. The Morgan fingerprint density at radius 1 is 0.974 bits per heavy atom. The number of carbonyl (C=O) groups is 1. The van der Waals surface area contributed by atoms with E-state index in [0.29, 0.717) is 50.6 Å². The maximum atomic E-state index is 14.0. The number of aromatic nitrogens is 7. The van der Waals surface area contributed by atoms with Crippen LogP contribution in [0.1, 0.15) is 12.8 Å². The van der Waals surface area contributed by atoms with Crippen LogP contribution in [-0.2, 0) is 4.79 Å². The molecule has 38 heavy (non-hydrogen) atoms. The number of hydrogen-bond acceptors (Lipinski definition) is 7. The summed E-state index contributed by atoms with van der Waals surface area (Å²) in [5.41, 5.74) is 5.52. The predicted octanol–water partition coefficient (Wildman–Crippen LogP) is 4.82. The number of carbonyl (C=O) groups excluding carboxylic acids is 1. The average Bonchev–Trinajstić information content (AvgIpc) is 3.54. The number of nitrogens with zero attached hydrogens (tertiary/aromatic N) is 5. The second-order valence-electron chi connectivity index (χ2n) is 9.28. The van der Waals surface area contributed by atoms with Gasteiger partial charge in [-0.2, -0.15) is 5.10 Å². The third-order valence-electron chi connectivity index (χ3n) is 6.51. The third kappa shape index (κ3) is 3.90. The van der Waals surface area contributed by atoms with E-state index in [1.54, 1.807) is 31.0 Å². The van der Waals surface area contributed by atoms with E-state index in [1.165, 1.54) is 12.1 Å². The van der Waals surface area contributed by atoms with Gasteiger partial charge in [0.15, 0.2) is 5.82 Å². The normalized spacial score (nSPS) is 13.3. The summed E-state index contributed by atoms with van der Waals surface area (Å²) in [6.07, 6.45) is 10.0. The number of halogens is 1. The van der Waals surface area contributed by atoms with Crippen LogP contribution >= 0.6 is 0 Å². The summed E-state index contributed by atoms with van der Waals surface area (Å²) in [6.45, 7) is 0. The summed E-state index contributed by atoms with van der Waals surface area (Å²) in [5.74, 6) is -0.153. The molecule has 7 rings (SSSR count). The first kappa shape index (κ1) is 22.0. The van der Waals surface area contributed by atoms with Gasteiger partial charge in [-0.25, -0.2) is 9.37 Å². The Morgan fingerprint density at radius 3 is 2.68 bits per heavy atom. The summed E-state index contributed by atoms with van der Waals surface area (Å²) < 4.78 is 14.0. The van der Waals surface area contributed by atoms with Gasteiger partial charge in [-0.15, -0.1) is 0 Å². The van der Waals surface area contributed by atoms with Crippen LogP contribution in [0.3, 0.4) is 0 Å². The Labute approximate surface area is 214 Å². The summed E-state index contributed by atoms with van der Waals surface area (Å²) in [6, 6.07) is 7.55. The van der Waals surface area contributed by atoms with Crippen molar-refractivity contribution < 1.29 is 14.3 Å². The van der Waals surface area contributed by atoms with Crippen molar-refractivity contribution in [3.8, 4) is 39.7 Å². The molecular formula is C27H19FN8O2. The van der Waals surface area contributed by atoms with E-state index in [2.05, 4.69) is 35.5 Å². The first-order valence-corrected chi connectivity index (χ1v) is 12.0. The molecule has 1 saturated carbocycles. The first-order valence-electron chi connectivity index (χ1n) is 12.0. The number of anilines is 1. The van der Waals surface area contributed by atoms with E-state index < -0.39 is 5.82 Å². The largest absolute Gasteiger partial charge is 0.508 e. The molecule has 5 aromatic heterocycles. The number of amides is 1. The van der Waals surface area contributed by atoms with Crippen molar-refractivity contribution >= 4 is 33.5 Å². The third-order valence-corrected chi connectivity index (χ3v) is 6.51. The number of phenolic OH excluding ortho intramolecular Hbond substituents is 1. The highest BCUT2D eigenvalue weighted by molar-refractivity contribution is 5.98. The molecule has 0 spiro atoms. The van der Waals surface area contributed by atoms with E-state index in [0.717, 1.165) is 29.9 Å². The quantitative estimate of drug-likeness (QED) is 0.262. The molecule has 1 aliphatic carbocycles. The fourth-order valence-electron chi connectivity index (χ4n) is 4.48. The van der Waals surface area contributed by atoms with Crippen LogP contribution in [-0.4, -0.2) is 46.1 Å². The molecule has 0 bridgehead atoms. The average molecular weight is 507 g/mol. The molecule has 1 aliphatic rings. The SMILES string of the molecule is O=C(Nc1cncc(-c2cc3c(-c4nc5c(-c6cc(O)cc(F)c6)cncc5[nH]4)n[nH]c3cn2)c1)C1CC1. The smallest absolute Gasteiger partial charge is 0.227 e. The summed E-state index contributed by atoms with van der Waals surface area (Å²) >= 11 is 0. The highest BCUT2D eigenvalue weighted by Gasteiger charge is 2.29. The number of benzene rings is 1. The molecule has 1 aromatic carbocycles. The van der Waals surface area contributed by atoms with Gasteiger partial charge in [0.05, 0.1) is 46.5 Å². The van der Waals surface area contributed by atoms with E-state index in [1.807, 2.05) is 12.1 Å². The molecular weight excluding hydrogens is 487 g/mol. The Hall–Kier alpha value is -5.19. The van der Waals surface area contributed by atoms with Crippen LogP contribution in [0.15, 0.2) is 61.3 Å². The Kier molecular flexibility index (Phi) is 4.90. The summed E-state index contributed by atoms with van der Waals surface area (Å²) in [4.78, 5) is 33.2. The number of imidazole rings is 1. The number of hydrogen-bond donors (Lipinski definition) is 4. The van der Waals surface area contributed by atoms with Crippen molar-refractivity contribution in [3.63, 3.8) is 0 Å². The van der Waals surface area contributed by atoms with Crippen molar-refractivity contribution in [3.05, 3.63) is 67.1 Å². The van der Waals surface area contributed by atoms with Gasteiger partial charge in [0, 0.05) is 40.9 Å². The summed E-state index contributed by atoms with van der Waals surface area (Å²) in [7, 11) is 0. The zero-order valence-electron chi connectivity index (χ0n) is 19.7. The van der Waals surface area contributed by atoms with Gasteiger partial charge in [-0.05, 0) is 42.7 Å². The monoisotopic (exact) mass is 506 g/mol. The molecule has 0 aliphatic heterocycles. The highest BCUT2D eigenvalue weighted by Crippen LogP contribution is 2.34. The number of aromatic amines is 2. The van der Waals surface area contributed by atoms with Gasteiger partial charge < -0.3 is 15.4 Å². The van der Waals surface area contributed by atoms with Crippen molar-refractivity contribution in [2.24, 2.45) is 5.92 Å². The zero-order valence-corrected chi connectivity index (χ0v) is 19.7. The number of pyridine rings is 3. The molecule has 11 heteroatoms. The lowest BCUT2D eigenvalue weighted by Gasteiger charge is -2.06. The number of phenols is 1. The van der Waals surface area contributed by atoms with Gasteiger partial charge in [0.2, 0.25) is 5.91 Å². The minimum atomic E-state index is -0.559. The van der Waals surface area contributed by atoms with E-state index in [4.69, 9.17) is 4.98 Å². The number of rotatable bonds is 5. The Balaban J connectivity index is 1.29. The fraction of sp³-hybridized carbons (Fsp3) is 0.111. The lowest BCUT2D eigenvalue weighted by atomic mass is 10.1. The van der Waals surface area contributed by atoms with Crippen LogP contribution in [0.4, 0.5) is 10.1 Å². The van der Waals surface area contributed by atoms with Crippen molar-refractivity contribution in [1.82, 2.24) is 35.1 Å². The number of fused-ring (bicyclic) bond motifs is 2. The maximum absolute atomic E-state index is 14.0. The van der Waals surface area contributed by atoms with Crippen LogP contribution in [0.2, 0.25) is 0 Å². The van der Waals surface area contributed by atoms with Crippen molar-refractivity contribution in [2.75, 3.05) is 5.32 Å². The van der Waals surface area contributed by atoms with Crippen LogP contribution in [0.25, 0.3) is 55.8 Å². The maximum Gasteiger partial charge on any atom is 0.227 e. The number of nitrogens with one attached hydrogen (secondary N) is 3. The molecule has 0 radical (unpaired) electrons. The Bertz CT molecular complexity index is 1850. The minimum Gasteiger partial charge on any atom is -0.508 e. The van der Waals surface area contributed by atoms with E-state index >= 15 is 0 Å². The molecule has 4 N–H and O–H groups in total. The second kappa shape index (κ2) is 8.44. The standard InChI is InChI=1S/C27H19FN8O2/c28-16-3-14(5-18(37)6-16)20-10-30-11-23-24(20)34-26(33-23)25-19-7-21(31-12-22(19)35-36-25)15-4-17(9-29-8-15)32-27(38)13-1-2-13/h3-13,37H,1-2H2,(H,32,38)(H,33,34)(H,35,36). The van der Waals surface area contributed by atoms with Crippen molar-refractivity contribution in [1.29, 1.82) is 0 Å². The van der Waals surface area contributed by atoms with Crippen LogP contribution < -0.4 is 5.32 Å². The van der Waals surface area contributed by atoms with Gasteiger partial charge in [0.25, 0.3) is 0 Å². The lowest BCUT2D eigenvalue weighted by Crippen LogP contribution is -2.13. The molecule has 0 unspecified atom stereocenters. The molecule has 186 valence electrons. The predicted molar refractivity (Wildman–Crippen MR) is 138 cm³/mol. The zero-order chi connectivity index (χ0) is 25.8. The van der Waals surface area contributed by atoms with Crippen LogP contribution in [0, 0.1) is 11.7 Å². The number of aromatic hydroxyl groups is 1. The Morgan fingerprint density at radius 2 is 1.84 bits per heavy atom. The first-order chi connectivity index (χ1) is 18.5. The van der Waals surface area contributed by atoms with Crippen molar-refractivity contribution in [2.45, 2.75) is 12.8 Å². The van der Waals surface area contributed by atoms with Gasteiger partial charge >= 0.3 is 0 Å². The molecule has 0 saturated heterocycles. The molecule has 1 amide bonds. The van der Waals surface area contributed by atoms with Gasteiger partial charge in [-0.3, -0.25) is 24.8 Å². The topological polar surface area (TPSA) is 145 Å². The second-order valence-corrected chi connectivity index (χ2v) is 9.28.